The third kappa shape index (κ3) is 8.58. The quantitative estimate of drug-likeness (QED) is 0.353. The Balaban J connectivity index is 1.61. The van der Waals surface area contributed by atoms with Crippen LogP contribution in [-0.4, -0.2) is 36.3 Å². The summed E-state index contributed by atoms with van der Waals surface area (Å²) >= 11 is 0. The molecular weight excluding hydrogens is 464 g/mol. The topological polar surface area (TPSA) is 94.4 Å². The van der Waals surface area contributed by atoms with Crippen LogP contribution in [0.4, 0.5) is 8.78 Å². The van der Waals surface area contributed by atoms with E-state index in [0.29, 0.717) is 18.6 Å². The number of nitriles is 1. The molecule has 3 atom stereocenters. The second-order valence-corrected chi connectivity index (χ2v) is 9.40. The monoisotopic (exact) mass is 499 g/mol. The summed E-state index contributed by atoms with van der Waals surface area (Å²) in [6, 6.07) is 10.9. The van der Waals surface area contributed by atoms with Crippen molar-refractivity contribution >= 4 is 5.91 Å². The van der Waals surface area contributed by atoms with Crippen molar-refractivity contribution in [2.24, 2.45) is 0 Å². The fourth-order valence-electron chi connectivity index (χ4n) is 4.63. The first-order valence-electron chi connectivity index (χ1n) is 12.6. The van der Waals surface area contributed by atoms with Crippen LogP contribution in [0, 0.1) is 23.0 Å². The van der Waals surface area contributed by atoms with E-state index in [1.165, 1.54) is 24.6 Å². The number of nitrogens with one attached hydrogen (secondary N) is 2. The van der Waals surface area contributed by atoms with Crippen LogP contribution in [0.25, 0.3) is 0 Å². The predicted molar refractivity (Wildman–Crippen MR) is 133 cm³/mol. The largest absolute Gasteiger partial charge is 0.493 e. The molecule has 2 aromatic rings. The molecule has 0 saturated heterocycles. The summed E-state index contributed by atoms with van der Waals surface area (Å²) in [6.45, 7) is 2.09. The Morgan fingerprint density at radius 2 is 1.89 bits per heavy atom. The van der Waals surface area contributed by atoms with E-state index >= 15 is 0 Å². The molecule has 3 rings (SSSR count). The van der Waals surface area contributed by atoms with Crippen LogP contribution in [-0.2, 0) is 17.6 Å². The number of aryl methyl sites for hydroxylation is 1. The van der Waals surface area contributed by atoms with Gasteiger partial charge in [-0.25, -0.2) is 8.78 Å². The zero-order chi connectivity index (χ0) is 25.9. The molecule has 0 spiro atoms. The van der Waals surface area contributed by atoms with Crippen LogP contribution < -0.4 is 15.4 Å². The fourth-order valence-corrected chi connectivity index (χ4v) is 4.63. The van der Waals surface area contributed by atoms with Crippen molar-refractivity contribution in [1.29, 1.82) is 5.26 Å². The summed E-state index contributed by atoms with van der Waals surface area (Å²) in [4.78, 5) is 11.7. The number of halogens is 2. The summed E-state index contributed by atoms with van der Waals surface area (Å²) in [7, 11) is 0. The number of nitrogens with zero attached hydrogens (tertiary/aromatic N) is 1. The first-order valence-corrected chi connectivity index (χ1v) is 12.6. The van der Waals surface area contributed by atoms with Crippen molar-refractivity contribution in [2.75, 3.05) is 13.2 Å². The van der Waals surface area contributed by atoms with Crippen molar-refractivity contribution in [1.82, 2.24) is 10.6 Å². The molecule has 0 bridgehead atoms. The molecule has 3 unspecified atom stereocenters. The van der Waals surface area contributed by atoms with Gasteiger partial charge in [0, 0.05) is 44.0 Å². The minimum atomic E-state index is -0.969. The van der Waals surface area contributed by atoms with Crippen LogP contribution >= 0.6 is 0 Å². The maximum absolute atomic E-state index is 13.6. The molecule has 36 heavy (non-hydrogen) atoms. The molecule has 0 radical (unpaired) electrons. The highest BCUT2D eigenvalue weighted by atomic mass is 19.1. The first kappa shape index (κ1) is 27.6. The van der Waals surface area contributed by atoms with Crippen LogP contribution in [0.2, 0.25) is 0 Å². The molecule has 1 aliphatic rings. The Hall–Kier alpha value is -3.02. The Bertz CT molecular complexity index is 1040. The second-order valence-electron chi connectivity index (χ2n) is 9.40. The lowest BCUT2D eigenvalue weighted by molar-refractivity contribution is -0.120. The van der Waals surface area contributed by atoms with Gasteiger partial charge in [0.1, 0.15) is 17.4 Å². The van der Waals surface area contributed by atoms with Crippen LogP contribution in [0.5, 0.6) is 5.75 Å². The van der Waals surface area contributed by atoms with Gasteiger partial charge in [-0.3, -0.25) is 4.79 Å². The number of benzene rings is 2. The lowest BCUT2D eigenvalue weighted by Crippen LogP contribution is -2.48. The number of carbonyl (C=O) groups excluding carboxylic acids is 1. The maximum atomic E-state index is 13.6. The first-order chi connectivity index (χ1) is 17.4. The fraction of sp³-hybridized carbons (Fsp3) is 0.500. The number of rotatable bonds is 13. The smallest absolute Gasteiger partial charge is 0.217 e. The molecule has 1 heterocycles. The Labute approximate surface area is 211 Å². The van der Waals surface area contributed by atoms with Crippen LogP contribution in [0.15, 0.2) is 36.4 Å². The average Bonchev–Trinajstić information content (AvgIpc) is 2.83. The SMILES string of the molecule is CC(=O)NC(Cc1cc(F)cc(F)c1)C(O)CNC1CCOc2ccc(CCCCCCC#N)cc21. The van der Waals surface area contributed by atoms with E-state index in [4.69, 9.17) is 10.00 Å². The van der Waals surface area contributed by atoms with E-state index in [9.17, 15) is 18.7 Å². The van der Waals surface area contributed by atoms with Gasteiger partial charge < -0.3 is 20.5 Å². The van der Waals surface area contributed by atoms with Gasteiger partial charge in [-0.15, -0.1) is 0 Å². The summed E-state index contributed by atoms with van der Waals surface area (Å²) in [5.41, 5.74) is 2.62. The minimum absolute atomic E-state index is 0.0245. The molecule has 0 aromatic heterocycles. The molecule has 0 saturated carbocycles. The number of hydrogen-bond donors (Lipinski definition) is 3. The molecule has 2 aromatic carbocycles. The Morgan fingerprint density at radius 3 is 2.61 bits per heavy atom. The van der Waals surface area contributed by atoms with Gasteiger partial charge in [-0.1, -0.05) is 25.0 Å². The summed E-state index contributed by atoms with van der Waals surface area (Å²) in [5, 5.41) is 25.6. The van der Waals surface area contributed by atoms with Gasteiger partial charge in [0.2, 0.25) is 5.91 Å². The number of unbranched alkanes of at least 4 members (excludes halogenated alkanes) is 4. The van der Waals surface area contributed by atoms with E-state index in [1.807, 2.05) is 6.07 Å². The Kier molecular flexibility index (Phi) is 10.6. The number of amides is 1. The second kappa shape index (κ2) is 13.9. The zero-order valence-electron chi connectivity index (χ0n) is 20.7. The lowest BCUT2D eigenvalue weighted by Gasteiger charge is -2.30. The van der Waals surface area contributed by atoms with Crippen molar-refractivity contribution in [2.45, 2.75) is 76.5 Å². The number of hydrogen-bond acceptors (Lipinski definition) is 5. The third-order valence-corrected chi connectivity index (χ3v) is 6.42. The molecule has 1 amide bonds. The average molecular weight is 500 g/mol. The van der Waals surface area contributed by atoms with E-state index in [-0.39, 0.29) is 24.9 Å². The van der Waals surface area contributed by atoms with Crippen molar-refractivity contribution < 1.29 is 23.4 Å². The molecule has 194 valence electrons. The van der Waals surface area contributed by atoms with Gasteiger partial charge in [0.15, 0.2) is 0 Å². The van der Waals surface area contributed by atoms with Crippen molar-refractivity contribution in [3.8, 4) is 11.8 Å². The molecular formula is C28H35F2N3O3. The molecule has 1 aliphatic heterocycles. The normalized spacial score (nSPS) is 16.4. The van der Waals surface area contributed by atoms with E-state index in [0.717, 1.165) is 55.9 Å². The molecule has 3 N–H and O–H groups in total. The minimum Gasteiger partial charge on any atom is -0.493 e. The number of carbonyl (C=O) groups is 1. The van der Waals surface area contributed by atoms with Crippen LogP contribution in [0.3, 0.4) is 0 Å². The molecule has 0 fully saturated rings. The highest BCUT2D eigenvalue weighted by Gasteiger charge is 2.26. The van der Waals surface area contributed by atoms with Gasteiger partial charge in [-0.05, 0) is 55.0 Å². The zero-order valence-corrected chi connectivity index (χ0v) is 20.7. The highest BCUT2D eigenvalue weighted by molar-refractivity contribution is 5.73. The van der Waals surface area contributed by atoms with E-state index < -0.39 is 23.8 Å². The van der Waals surface area contributed by atoms with E-state index in [1.54, 1.807) is 0 Å². The molecule has 0 aliphatic carbocycles. The van der Waals surface area contributed by atoms with Crippen molar-refractivity contribution in [3.05, 3.63) is 64.7 Å². The van der Waals surface area contributed by atoms with Gasteiger partial charge >= 0.3 is 0 Å². The summed E-state index contributed by atoms with van der Waals surface area (Å²) in [5.74, 6) is -0.906. The summed E-state index contributed by atoms with van der Waals surface area (Å²) < 4.78 is 33.1. The van der Waals surface area contributed by atoms with Gasteiger partial charge in [0.05, 0.1) is 24.8 Å². The molecule has 6 nitrogen and oxygen atoms in total. The number of aliphatic hydroxyl groups excluding tert-OH is 1. The molecule has 8 heteroatoms. The van der Waals surface area contributed by atoms with Gasteiger partial charge in [-0.2, -0.15) is 5.26 Å². The third-order valence-electron chi connectivity index (χ3n) is 6.42. The standard InChI is InChI=1S/C28H35F2N3O3/c1-19(34)33-26(16-21-13-22(29)17-23(30)14-21)27(35)18-32-25-10-12-36-28-9-8-20(15-24(25)28)7-5-3-2-4-6-11-31/h8-9,13-15,17,25-27,32,35H,2-7,10,12,16,18H2,1H3,(H,33,34). The van der Waals surface area contributed by atoms with Gasteiger partial charge in [0.25, 0.3) is 0 Å². The predicted octanol–water partition coefficient (Wildman–Crippen LogP) is 4.50. The lowest BCUT2D eigenvalue weighted by atomic mass is 9.95. The van der Waals surface area contributed by atoms with Crippen molar-refractivity contribution in [3.63, 3.8) is 0 Å². The number of fused-ring (bicyclic) bond motifs is 1. The van der Waals surface area contributed by atoms with Crippen LogP contribution in [0.1, 0.15) is 68.2 Å². The summed E-state index contributed by atoms with van der Waals surface area (Å²) in [6.07, 6.45) is 5.56. The highest BCUT2D eigenvalue weighted by Crippen LogP contribution is 2.33. The maximum Gasteiger partial charge on any atom is 0.217 e. The number of aliphatic hydroxyl groups is 1. The van der Waals surface area contributed by atoms with E-state index in [2.05, 4.69) is 28.8 Å². The Morgan fingerprint density at radius 1 is 1.14 bits per heavy atom. The number of ether oxygens (including phenoxy) is 1.